The van der Waals surface area contributed by atoms with E-state index in [1.54, 1.807) is 6.07 Å². The molecule has 1 fully saturated rings. The van der Waals surface area contributed by atoms with E-state index in [4.69, 9.17) is 0 Å². The number of piperazine rings is 1. The van der Waals surface area contributed by atoms with Gasteiger partial charge in [0.05, 0.1) is 16.7 Å². The number of hydrogen-bond donors (Lipinski definition) is 2. The predicted octanol–water partition coefficient (Wildman–Crippen LogP) is 2.58. The van der Waals surface area contributed by atoms with Gasteiger partial charge in [-0.25, -0.2) is 9.78 Å². The number of phenolic OH excluding ortho intramolecular Hbond substituents is 1. The lowest BCUT2D eigenvalue weighted by Gasteiger charge is -2.36. The number of amides is 2. The fourth-order valence-corrected chi connectivity index (χ4v) is 3.75. The van der Waals surface area contributed by atoms with Crippen LogP contribution in [-0.2, 0) is 6.54 Å². The van der Waals surface area contributed by atoms with Gasteiger partial charge in [0.15, 0.2) is 0 Å². The number of rotatable bonds is 4. The number of aryl methyl sites for hydroxylation is 1. The number of urea groups is 1. The van der Waals surface area contributed by atoms with Gasteiger partial charge in [-0.05, 0) is 31.2 Å². The number of fused-ring (bicyclic) bond motifs is 1. The molecule has 0 bridgehead atoms. The van der Waals surface area contributed by atoms with Crippen LogP contribution >= 0.6 is 0 Å². The average Bonchev–Trinajstić information content (AvgIpc) is 3.04. The van der Waals surface area contributed by atoms with Gasteiger partial charge in [-0.15, -0.1) is 0 Å². The fourth-order valence-electron chi connectivity index (χ4n) is 3.75. The molecule has 2 heterocycles. The van der Waals surface area contributed by atoms with Crippen LogP contribution in [-0.4, -0.2) is 58.3 Å². The summed E-state index contributed by atoms with van der Waals surface area (Å²) in [6, 6.07) is 15.3. The molecule has 3 aromatic rings. The van der Waals surface area contributed by atoms with Crippen molar-refractivity contribution in [2.45, 2.75) is 13.5 Å². The zero-order valence-electron chi connectivity index (χ0n) is 16.0. The van der Waals surface area contributed by atoms with E-state index >= 15 is 0 Å². The van der Waals surface area contributed by atoms with Crippen molar-refractivity contribution in [1.29, 1.82) is 0 Å². The molecular weight excluding hydrogens is 354 g/mol. The number of para-hydroxylation sites is 4. The van der Waals surface area contributed by atoms with Crippen LogP contribution in [0.25, 0.3) is 11.0 Å². The highest BCUT2D eigenvalue weighted by atomic mass is 16.3. The first kappa shape index (κ1) is 18.2. The van der Waals surface area contributed by atoms with Gasteiger partial charge in [0.25, 0.3) is 0 Å². The Kier molecular flexibility index (Phi) is 5.06. The molecule has 1 aliphatic rings. The summed E-state index contributed by atoms with van der Waals surface area (Å²) >= 11 is 0. The molecule has 0 spiro atoms. The summed E-state index contributed by atoms with van der Waals surface area (Å²) in [6.07, 6.45) is 0. The van der Waals surface area contributed by atoms with Crippen molar-refractivity contribution in [3.05, 3.63) is 54.4 Å². The van der Waals surface area contributed by atoms with E-state index in [9.17, 15) is 9.90 Å². The van der Waals surface area contributed by atoms with Crippen molar-refractivity contribution in [1.82, 2.24) is 19.8 Å². The minimum atomic E-state index is -0.0426. The quantitative estimate of drug-likeness (QED) is 0.731. The van der Waals surface area contributed by atoms with Crippen LogP contribution in [0.5, 0.6) is 5.75 Å². The van der Waals surface area contributed by atoms with Gasteiger partial charge in [0, 0.05) is 39.3 Å². The molecule has 7 heteroatoms. The lowest BCUT2D eigenvalue weighted by Crippen LogP contribution is -2.52. The van der Waals surface area contributed by atoms with Crippen LogP contribution in [0.15, 0.2) is 48.5 Å². The van der Waals surface area contributed by atoms with Crippen molar-refractivity contribution in [3.8, 4) is 5.75 Å². The molecule has 0 saturated carbocycles. The Bertz CT molecular complexity index is 976. The normalized spacial score (nSPS) is 14.5. The topological polar surface area (TPSA) is 73.6 Å². The van der Waals surface area contributed by atoms with Gasteiger partial charge >= 0.3 is 6.03 Å². The molecule has 0 radical (unpaired) electrons. The third-order valence-electron chi connectivity index (χ3n) is 5.25. The van der Waals surface area contributed by atoms with Crippen LogP contribution < -0.4 is 10.2 Å². The van der Waals surface area contributed by atoms with Crippen molar-refractivity contribution in [2.75, 3.05) is 37.6 Å². The molecule has 2 N–H and O–H groups in total. The zero-order valence-corrected chi connectivity index (χ0v) is 16.0. The van der Waals surface area contributed by atoms with E-state index < -0.39 is 0 Å². The van der Waals surface area contributed by atoms with Crippen molar-refractivity contribution in [2.24, 2.45) is 0 Å². The largest absolute Gasteiger partial charge is 0.506 e. The van der Waals surface area contributed by atoms with E-state index in [2.05, 4.69) is 25.8 Å². The SMILES string of the molecule is Cc1nc2ccccc2n1CCNC(=O)N1CCN(c2ccccc2O)CC1. The number of nitrogens with one attached hydrogen (secondary N) is 1. The Balaban J connectivity index is 1.29. The summed E-state index contributed by atoms with van der Waals surface area (Å²) in [5.41, 5.74) is 2.89. The van der Waals surface area contributed by atoms with Crippen LogP contribution in [0, 0.1) is 6.92 Å². The van der Waals surface area contributed by atoms with E-state index in [0.29, 0.717) is 39.3 Å². The van der Waals surface area contributed by atoms with E-state index in [1.165, 1.54) is 0 Å². The zero-order chi connectivity index (χ0) is 19.5. The predicted molar refractivity (Wildman–Crippen MR) is 110 cm³/mol. The maximum absolute atomic E-state index is 12.5. The summed E-state index contributed by atoms with van der Waals surface area (Å²) < 4.78 is 2.13. The summed E-state index contributed by atoms with van der Waals surface area (Å²) in [4.78, 5) is 21.0. The number of phenols is 1. The van der Waals surface area contributed by atoms with Crippen molar-refractivity contribution < 1.29 is 9.90 Å². The number of nitrogens with zero attached hydrogens (tertiary/aromatic N) is 4. The molecule has 1 aromatic heterocycles. The van der Waals surface area contributed by atoms with Crippen molar-refractivity contribution >= 4 is 22.8 Å². The third kappa shape index (κ3) is 3.60. The molecular formula is C21H25N5O2. The summed E-state index contributed by atoms with van der Waals surface area (Å²) in [7, 11) is 0. The maximum atomic E-state index is 12.5. The number of hydrogen-bond acceptors (Lipinski definition) is 4. The minimum Gasteiger partial charge on any atom is -0.506 e. The van der Waals surface area contributed by atoms with Crippen LogP contribution in [0.4, 0.5) is 10.5 Å². The fraction of sp³-hybridized carbons (Fsp3) is 0.333. The molecule has 28 heavy (non-hydrogen) atoms. The van der Waals surface area contributed by atoms with Crippen LogP contribution in [0.2, 0.25) is 0 Å². The number of carbonyl (C=O) groups is 1. The molecule has 0 unspecified atom stereocenters. The Morgan fingerprint density at radius 1 is 1.07 bits per heavy atom. The molecule has 4 rings (SSSR count). The third-order valence-corrected chi connectivity index (χ3v) is 5.25. The maximum Gasteiger partial charge on any atom is 0.317 e. The number of anilines is 1. The lowest BCUT2D eigenvalue weighted by molar-refractivity contribution is 0.194. The first-order valence-electron chi connectivity index (χ1n) is 9.61. The molecule has 0 atom stereocenters. The van der Waals surface area contributed by atoms with E-state index in [-0.39, 0.29) is 11.8 Å². The number of aromatic nitrogens is 2. The van der Waals surface area contributed by atoms with Gasteiger partial charge < -0.3 is 24.8 Å². The lowest BCUT2D eigenvalue weighted by atomic mass is 10.2. The Labute approximate surface area is 164 Å². The number of imidazole rings is 1. The molecule has 146 valence electrons. The highest BCUT2D eigenvalue weighted by molar-refractivity contribution is 5.76. The average molecular weight is 379 g/mol. The number of carbonyl (C=O) groups excluding carboxylic acids is 1. The smallest absolute Gasteiger partial charge is 0.317 e. The summed E-state index contributed by atoms with van der Waals surface area (Å²) in [5, 5.41) is 13.0. The number of benzene rings is 2. The molecule has 7 nitrogen and oxygen atoms in total. The van der Waals surface area contributed by atoms with Gasteiger partial charge in [-0.3, -0.25) is 0 Å². The second kappa shape index (κ2) is 7.80. The van der Waals surface area contributed by atoms with Gasteiger partial charge in [0.2, 0.25) is 0 Å². The highest BCUT2D eigenvalue weighted by Crippen LogP contribution is 2.27. The standard InChI is InChI=1S/C21H25N5O2/c1-16-23-17-6-2-3-7-18(17)26(16)11-10-22-21(28)25-14-12-24(13-15-25)19-8-4-5-9-20(19)27/h2-9,27H,10-15H2,1H3,(H,22,28). The first-order valence-corrected chi connectivity index (χ1v) is 9.61. The molecule has 0 aliphatic carbocycles. The van der Waals surface area contributed by atoms with Crippen LogP contribution in [0.3, 0.4) is 0 Å². The molecule has 2 amide bonds. The first-order chi connectivity index (χ1) is 13.6. The monoisotopic (exact) mass is 379 g/mol. The minimum absolute atomic E-state index is 0.0426. The van der Waals surface area contributed by atoms with E-state index in [1.807, 2.05) is 48.2 Å². The number of aromatic hydroxyl groups is 1. The summed E-state index contributed by atoms with van der Waals surface area (Å²) in [5.74, 6) is 1.23. The van der Waals surface area contributed by atoms with Gasteiger partial charge in [-0.1, -0.05) is 24.3 Å². The van der Waals surface area contributed by atoms with Crippen molar-refractivity contribution in [3.63, 3.8) is 0 Å². The molecule has 1 saturated heterocycles. The Morgan fingerprint density at radius 3 is 2.57 bits per heavy atom. The Morgan fingerprint density at radius 2 is 1.79 bits per heavy atom. The highest BCUT2D eigenvalue weighted by Gasteiger charge is 2.22. The molecule has 1 aliphatic heterocycles. The van der Waals surface area contributed by atoms with E-state index in [0.717, 1.165) is 22.5 Å². The summed E-state index contributed by atoms with van der Waals surface area (Å²) in [6.45, 7) is 5.91. The second-order valence-corrected chi connectivity index (χ2v) is 6.99. The Hall–Kier alpha value is -3.22. The van der Waals surface area contributed by atoms with Crippen LogP contribution in [0.1, 0.15) is 5.82 Å². The second-order valence-electron chi connectivity index (χ2n) is 6.99. The molecule has 2 aromatic carbocycles. The van der Waals surface area contributed by atoms with Gasteiger partial charge in [0.1, 0.15) is 11.6 Å². The van der Waals surface area contributed by atoms with Gasteiger partial charge in [-0.2, -0.15) is 0 Å².